The molecule has 0 amide bonds. The SMILES string of the molecule is COc1ccc(Cl)cc1COC(=O)c1cccc(S(=O)(=O)NC2CC2)c1. The van der Waals surface area contributed by atoms with Crippen molar-refractivity contribution in [1.82, 2.24) is 4.72 Å². The normalized spacial score (nSPS) is 14.1. The van der Waals surface area contributed by atoms with Crippen molar-refractivity contribution in [3.63, 3.8) is 0 Å². The Balaban J connectivity index is 1.72. The molecule has 138 valence electrons. The molecular formula is C18H18ClNO5S. The number of carbonyl (C=O) groups excluding carboxylic acids is 1. The predicted octanol–water partition coefficient (Wildman–Crippen LogP) is 3.15. The third kappa shape index (κ3) is 4.55. The molecule has 8 heteroatoms. The van der Waals surface area contributed by atoms with E-state index in [0.717, 1.165) is 12.8 Å². The summed E-state index contributed by atoms with van der Waals surface area (Å²) in [4.78, 5) is 12.3. The van der Waals surface area contributed by atoms with Gasteiger partial charge in [0.05, 0.1) is 17.6 Å². The van der Waals surface area contributed by atoms with Crippen LogP contribution in [-0.2, 0) is 21.4 Å². The third-order valence-corrected chi connectivity index (χ3v) is 5.63. The zero-order chi connectivity index (χ0) is 18.7. The Hall–Kier alpha value is -2.09. The van der Waals surface area contributed by atoms with Gasteiger partial charge in [0.2, 0.25) is 10.0 Å². The van der Waals surface area contributed by atoms with Crippen LogP contribution in [0.15, 0.2) is 47.4 Å². The maximum absolute atomic E-state index is 12.3. The van der Waals surface area contributed by atoms with Crippen molar-refractivity contribution in [2.24, 2.45) is 0 Å². The summed E-state index contributed by atoms with van der Waals surface area (Å²) < 4.78 is 37.6. The molecule has 1 saturated carbocycles. The van der Waals surface area contributed by atoms with E-state index in [9.17, 15) is 13.2 Å². The first-order valence-electron chi connectivity index (χ1n) is 8.01. The number of nitrogens with one attached hydrogen (secondary N) is 1. The Labute approximate surface area is 157 Å². The molecule has 6 nitrogen and oxygen atoms in total. The van der Waals surface area contributed by atoms with Gasteiger partial charge < -0.3 is 9.47 Å². The molecule has 0 aliphatic heterocycles. The van der Waals surface area contributed by atoms with Crippen molar-refractivity contribution in [3.8, 4) is 5.75 Å². The van der Waals surface area contributed by atoms with Gasteiger partial charge in [0.25, 0.3) is 0 Å². The highest BCUT2D eigenvalue weighted by molar-refractivity contribution is 7.89. The maximum atomic E-state index is 12.3. The van der Waals surface area contributed by atoms with E-state index in [-0.39, 0.29) is 23.1 Å². The minimum absolute atomic E-state index is 0.00842. The number of ether oxygens (including phenoxy) is 2. The lowest BCUT2D eigenvalue weighted by molar-refractivity contribution is 0.0470. The van der Waals surface area contributed by atoms with Crippen LogP contribution >= 0.6 is 11.6 Å². The van der Waals surface area contributed by atoms with Crippen LogP contribution < -0.4 is 9.46 Å². The lowest BCUT2D eigenvalue weighted by atomic mass is 10.2. The van der Waals surface area contributed by atoms with Gasteiger partial charge >= 0.3 is 5.97 Å². The van der Waals surface area contributed by atoms with Crippen LogP contribution in [0.4, 0.5) is 0 Å². The zero-order valence-electron chi connectivity index (χ0n) is 14.1. The molecule has 1 N–H and O–H groups in total. The molecule has 0 atom stereocenters. The highest BCUT2D eigenvalue weighted by Crippen LogP contribution is 2.25. The molecular weight excluding hydrogens is 378 g/mol. The Kier molecular flexibility index (Phi) is 5.50. The molecule has 2 aromatic rings. The highest BCUT2D eigenvalue weighted by Gasteiger charge is 2.28. The number of hydrogen-bond donors (Lipinski definition) is 1. The molecule has 1 aliphatic rings. The smallest absolute Gasteiger partial charge is 0.338 e. The molecule has 0 saturated heterocycles. The van der Waals surface area contributed by atoms with Crippen LogP contribution in [0.1, 0.15) is 28.8 Å². The molecule has 26 heavy (non-hydrogen) atoms. The number of methoxy groups -OCH3 is 1. The van der Waals surface area contributed by atoms with Crippen LogP contribution in [-0.4, -0.2) is 27.5 Å². The fraction of sp³-hybridized carbons (Fsp3) is 0.278. The van der Waals surface area contributed by atoms with E-state index in [2.05, 4.69) is 4.72 Å². The first kappa shape index (κ1) is 18.7. The topological polar surface area (TPSA) is 81.7 Å². The second-order valence-electron chi connectivity index (χ2n) is 5.96. The van der Waals surface area contributed by atoms with Gasteiger partial charge in [-0.1, -0.05) is 17.7 Å². The Morgan fingerprint density at radius 3 is 2.69 bits per heavy atom. The fourth-order valence-electron chi connectivity index (χ4n) is 2.37. The van der Waals surface area contributed by atoms with Gasteiger partial charge in [0.15, 0.2) is 0 Å². The van der Waals surface area contributed by atoms with Crippen molar-refractivity contribution in [2.75, 3.05) is 7.11 Å². The molecule has 0 radical (unpaired) electrons. The van der Waals surface area contributed by atoms with Crippen molar-refractivity contribution in [1.29, 1.82) is 0 Å². The Morgan fingerprint density at radius 2 is 2.00 bits per heavy atom. The fourth-order valence-corrected chi connectivity index (χ4v) is 3.91. The number of benzene rings is 2. The number of halogens is 1. The Morgan fingerprint density at radius 1 is 1.23 bits per heavy atom. The minimum atomic E-state index is -3.63. The van der Waals surface area contributed by atoms with Crippen LogP contribution in [0.3, 0.4) is 0 Å². The molecule has 0 unspecified atom stereocenters. The third-order valence-electron chi connectivity index (χ3n) is 3.88. The van der Waals surface area contributed by atoms with Crippen molar-refractivity contribution in [3.05, 3.63) is 58.6 Å². The second-order valence-corrected chi connectivity index (χ2v) is 8.11. The molecule has 1 fully saturated rings. The van der Waals surface area contributed by atoms with Gasteiger partial charge in [-0.3, -0.25) is 0 Å². The molecule has 0 heterocycles. The second kappa shape index (κ2) is 7.65. The van der Waals surface area contributed by atoms with Crippen molar-refractivity contribution >= 4 is 27.6 Å². The summed E-state index contributed by atoms with van der Waals surface area (Å²) in [5.74, 6) is -0.0809. The van der Waals surface area contributed by atoms with E-state index in [1.807, 2.05) is 0 Å². The van der Waals surface area contributed by atoms with Gasteiger partial charge in [0.1, 0.15) is 12.4 Å². The molecule has 0 spiro atoms. The van der Waals surface area contributed by atoms with E-state index in [0.29, 0.717) is 16.3 Å². The highest BCUT2D eigenvalue weighted by atomic mass is 35.5. The number of hydrogen-bond acceptors (Lipinski definition) is 5. The maximum Gasteiger partial charge on any atom is 0.338 e. The van der Waals surface area contributed by atoms with Crippen LogP contribution in [0, 0.1) is 0 Å². The van der Waals surface area contributed by atoms with Gasteiger partial charge in [0, 0.05) is 16.6 Å². The van der Waals surface area contributed by atoms with Crippen LogP contribution in [0.25, 0.3) is 0 Å². The van der Waals surface area contributed by atoms with E-state index in [1.54, 1.807) is 18.2 Å². The van der Waals surface area contributed by atoms with E-state index in [4.69, 9.17) is 21.1 Å². The summed E-state index contributed by atoms with van der Waals surface area (Å²) in [6.45, 7) is -0.0418. The van der Waals surface area contributed by atoms with E-state index >= 15 is 0 Å². The molecule has 3 rings (SSSR count). The molecule has 0 bridgehead atoms. The summed E-state index contributed by atoms with van der Waals surface area (Å²) in [6.07, 6.45) is 1.67. The van der Waals surface area contributed by atoms with Crippen molar-refractivity contribution < 1.29 is 22.7 Å². The average molecular weight is 396 g/mol. The molecule has 0 aromatic heterocycles. The standard InChI is InChI=1S/C18H18ClNO5S/c1-24-17-8-5-14(19)9-13(17)11-25-18(21)12-3-2-4-16(10-12)26(22,23)20-15-6-7-15/h2-5,8-10,15,20H,6-7,11H2,1H3. The summed E-state index contributed by atoms with van der Waals surface area (Å²) in [5, 5.41) is 0.496. The quantitative estimate of drug-likeness (QED) is 0.728. The average Bonchev–Trinajstić information content (AvgIpc) is 3.43. The van der Waals surface area contributed by atoms with Gasteiger partial charge in [-0.15, -0.1) is 0 Å². The summed E-state index contributed by atoms with van der Waals surface area (Å²) >= 11 is 5.95. The van der Waals surface area contributed by atoms with Gasteiger partial charge in [-0.2, -0.15) is 0 Å². The van der Waals surface area contributed by atoms with Crippen LogP contribution in [0.2, 0.25) is 5.02 Å². The monoisotopic (exact) mass is 395 g/mol. The Bertz CT molecular complexity index is 925. The number of sulfonamides is 1. The first-order valence-corrected chi connectivity index (χ1v) is 9.87. The first-order chi connectivity index (χ1) is 12.4. The number of esters is 1. The largest absolute Gasteiger partial charge is 0.496 e. The van der Waals surface area contributed by atoms with E-state index < -0.39 is 16.0 Å². The van der Waals surface area contributed by atoms with E-state index in [1.165, 1.54) is 31.4 Å². The molecule has 1 aliphatic carbocycles. The summed E-state index contributed by atoms with van der Waals surface area (Å²) in [6, 6.07) is 10.8. The molecule has 2 aromatic carbocycles. The lowest BCUT2D eigenvalue weighted by Gasteiger charge is -2.11. The van der Waals surface area contributed by atoms with Gasteiger partial charge in [-0.05, 0) is 49.2 Å². The van der Waals surface area contributed by atoms with Gasteiger partial charge in [-0.25, -0.2) is 17.9 Å². The summed E-state index contributed by atoms with van der Waals surface area (Å²) in [7, 11) is -2.12. The lowest BCUT2D eigenvalue weighted by Crippen LogP contribution is -2.25. The minimum Gasteiger partial charge on any atom is -0.496 e. The van der Waals surface area contributed by atoms with Crippen molar-refractivity contribution in [2.45, 2.75) is 30.4 Å². The summed E-state index contributed by atoms with van der Waals surface area (Å²) in [5.41, 5.74) is 0.775. The zero-order valence-corrected chi connectivity index (χ0v) is 15.6. The number of carbonyl (C=O) groups is 1. The van der Waals surface area contributed by atoms with Crippen LogP contribution in [0.5, 0.6) is 5.75 Å². The number of rotatable bonds is 7. The predicted molar refractivity (Wildman–Crippen MR) is 96.9 cm³/mol.